The molecule has 4 rings (SSSR count). The van der Waals surface area contributed by atoms with Crippen LogP contribution in [0.15, 0.2) is 59.6 Å². The lowest BCUT2D eigenvalue weighted by atomic mass is 9.89. The van der Waals surface area contributed by atoms with Crippen molar-refractivity contribution in [1.29, 1.82) is 0 Å². The lowest BCUT2D eigenvalue weighted by Gasteiger charge is -2.17. The molecule has 2 aromatic carbocycles. The Hall–Kier alpha value is -1.93. The molecule has 2 heterocycles. The Morgan fingerprint density at radius 1 is 1.14 bits per heavy atom. The molecule has 0 amide bonds. The van der Waals surface area contributed by atoms with Crippen molar-refractivity contribution in [2.75, 3.05) is 19.6 Å². The molecule has 2 atom stereocenters. The lowest BCUT2D eigenvalue weighted by Crippen LogP contribution is -2.30. The number of benzene rings is 2. The fourth-order valence-electron chi connectivity index (χ4n) is 4.10. The van der Waals surface area contributed by atoms with Gasteiger partial charge in [-0.2, -0.15) is 9.40 Å². The molecule has 29 heavy (non-hydrogen) atoms. The number of hydrogen-bond donors (Lipinski definition) is 1. The van der Waals surface area contributed by atoms with Gasteiger partial charge in [0.2, 0.25) is 10.0 Å². The van der Waals surface area contributed by atoms with Gasteiger partial charge in [-0.3, -0.25) is 4.68 Å². The van der Waals surface area contributed by atoms with Gasteiger partial charge in [0.25, 0.3) is 0 Å². The van der Waals surface area contributed by atoms with Crippen LogP contribution < -0.4 is 5.73 Å². The number of sulfonamides is 1. The largest absolute Gasteiger partial charge is 0.330 e. The number of nitrogens with two attached hydrogens (primary N) is 1. The Morgan fingerprint density at radius 2 is 1.86 bits per heavy atom. The first-order valence-corrected chi connectivity index (χ1v) is 11.1. The molecular formula is C21H27ClN4O2S. The summed E-state index contributed by atoms with van der Waals surface area (Å²) < 4.78 is 30.1. The first-order chi connectivity index (χ1) is 13.4. The second kappa shape index (κ2) is 8.44. The highest BCUT2D eigenvalue weighted by Crippen LogP contribution is 2.35. The molecule has 1 aliphatic rings. The van der Waals surface area contributed by atoms with Crippen LogP contribution in [0.4, 0.5) is 0 Å². The van der Waals surface area contributed by atoms with Crippen molar-refractivity contribution in [2.45, 2.75) is 30.7 Å². The third kappa shape index (κ3) is 3.92. The zero-order valence-corrected chi connectivity index (χ0v) is 18.2. The zero-order chi connectivity index (χ0) is 19.9. The number of nitrogens with zero attached hydrogens (tertiary/aromatic N) is 3. The Balaban J connectivity index is 0.00000240. The van der Waals surface area contributed by atoms with Gasteiger partial charge in [0, 0.05) is 30.4 Å². The molecule has 8 heteroatoms. The summed E-state index contributed by atoms with van der Waals surface area (Å²) in [6.45, 7) is 5.47. The van der Waals surface area contributed by atoms with E-state index in [9.17, 15) is 8.42 Å². The average Bonchev–Trinajstić information content (AvgIpc) is 3.32. The number of hydrogen-bond acceptors (Lipinski definition) is 4. The maximum atomic E-state index is 13.3. The molecule has 2 N–H and O–H groups in total. The predicted molar refractivity (Wildman–Crippen MR) is 118 cm³/mol. The second-order valence-corrected chi connectivity index (χ2v) is 9.68. The van der Waals surface area contributed by atoms with E-state index in [0.29, 0.717) is 24.5 Å². The van der Waals surface area contributed by atoms with Crippen LogP contribution in [0.3, 0.4) is 0 Å². The Labute approximate surface area is 178 Å². The maximum absolute atomic E-state index is 13.3. The van der Waals surface area contributed by atoms with Gasteiger partial charge in [0.1, 0.15) is 0 Å². The van der Waals surface area contributed by atoms with Gasteiger partial charge in [-0.1, -0.05) is 30.3 Å². The number of rotatable bonds is 5. The van der Waals surface area contributed by atoms with Gasteiger partial charge in [0.15, 0.2) is 0 Å². The minimum absolute atomic E-state index is 0. The van der Waals surface area contributed by atoms with Crippen molar-refractivity contribution in [3.63, 3.8) is 0 Å². The minimum Gasteiger partial charge on any atom is -0.330 e. The van der Waals surface area contributed by atoms with Gasteiger partial charge < -0.3 is 5.73 Å². The van der Waals surface area contributed by atoms with Gasteiger partial charge in [-0.05, 0) is 50.1 Å². The molecular weight excluding hydrogens is 408 g/mol. The standard InChI is InChI=1S/C21H26N4O2S.ClH/c1-15(2)25-21-9-8-19(10-17(21)12-23-25)28(26,27)24-13-18(11-22)20(14-24)16-6-4-3-5-7-16;/h3-10,12,15,18,20H,11,13-14,22H2,1-2H3;1H/t18-,20+;/m1./s1. The minimum atomic E-state index is -3.58. The molecule has 0 unspecified atom stereocenters. The summed E-state index contributed by atoms with van der Waals surface area (Å²) in [5, 5.41) is 5.22. The predicted octanol–water partition coefficient (Wildman–Crippen LogP) is 3.40. The summed E-state index contributed by atoms with van der Waals surface area (Å²) in [6.07, 6.45) is 1.73. The van der Waals surface area contributed by atoms with E-state index in [1.165, 1.54) is 0 Å². The van der Waals surface area contributed by atoms with E-state index in [2.05, 4.69) is 31.1 Å². The van der Waals surface area contributed by atoms with E-state index in [-0.39, 0.29) is 30.3 Å². The average molecular weight is 435 g/mol. The summed E-state index contributed by atoms with van der Waals surface area (Å²) >= 11 is 0. The number of fused-ring (bicyclic) bond motifs is 1. The third-order valence-corrected chi connectivity index (χ3v) is 7.46. The lowest BCUT2D eigenvalue weighted by molar-refractivity contribution is 0.459. The highest BCUT2D eigenvalue weighted by molar-refractivity contribution is 7.89. The summed E-state index contributed by atoms with van der Waals surface area (Å²) in [4.78, 5) is 0.313. The Morgan fingerprint density at radius 3 is 2.52 bits per heavy atom. The summed E-state index contributed by atoms with van der Waals surface area (Å²) in [5.74, 6) is 0.234. The molecule has 1 aromatic heterocycles. The van der Waals surface area contributed by atoms with E-state index in [1.807, 2.05) is 28.9 Å². The fraction of sp³-hybridized carbons (Fsp3) is 0.381. The molecule has 1 fully saturated rings. The van der Waals surface area contributed by atoms with Crippen LogP contribution in [0.2, 0.25) is 0 Å². The van der Waals surface area contributed by atoms with Crippen LogP contribution in [0.25, 0.3) is 10.9 Å². The number of aromatic nitrogens is 2. The molecule has 0 aliphatic carbocycles. The highest BCUT2D eigenvalue weighted by Gasteiger charge is 2.39. The maximum Gasteiger partial charge on any atom is 0.243 e. The van der Waals surface area contributed by atoms with E-state index < -0.39 is 10.0 Å². The monoisotopic (exact) mass is 434 g/mol. The highest BCUT2D eigenvalue weighted by atomic mass is 35.5. The molecule has 1 saturated heterocycles. The zero-order valence-electron chi connectivity index (χ0n) is 16.6. The van der Waals surface area contributed by atoms with Gasteiger partial charge >= 0.3 is 0 Å². The van der Waals surface area contributed by atoms with Crippen molar-refractivity contribution >= 4 is 33.3 Å². The van der Waals surface area contributed by atoms with Gasteiger partial charge in [0.05, 0.1) is 16.6 Å². The molecule has 6 nitrogen and oxygen atoms in total. The quantitative estimate of drug-likeness (QED) is 0.667. The van der Waals surface area contributed by atoms with E-state index >= 15 is 0 Å². The van der Waals surface area contributed by atoms with Crippen molar-refractivity contribution in [2.24, 2.45) is 11.7 Å². The fourth-order valence-corrected chi connectivity index (χ4v) is 5.66. The van der Waals surface area contributed by atoms with Gasteiger partial charge in [-0.25, -0.2) is 8.42 Å². The molecule has 0 bridgehead atoms. The summed E-state index contributed by atoms with van der Waals surface area (Å²) in [6, 6.07) is 15.5. The van der Waals surface area contributed by atoms with Crippen LogP contribution >= 0.6 is 12.4 Å². The molecule has 0 saturated carbocycles. The van der Waals surface area contributed by atoms with Crippen LogP contribution in [0, 0.1) is 5.92 Å². The number of halogens is 1. The van der Waals surface area contributed by atoms with E-state index in [4.69, 9.17) is 5.73 Å². The van der Waals surface area contributed by atoms with Gasteiger partial charge in [-0.15, -0.1) is 12.4 Å². The van der Waals surface area contributed by atoms with E-state index in [1.54, 1.807) is 22.6 Å². The smallest absolute Gasteiger partial charge is 0.243 e. The topological polar surface area (TPSA) is 81.2 Å². The SMILES string of the molecule is CC(C)n1ncc2cc(S(=O)(=O)N3C[C@@H](CN)[C@H](c4ccccc4)C3)ccc21.Cl. The second-order valence-electron chi connectivity index (χ2n) is 7.74. The molecule has 0 radical (unpaired) electrons. The molecule has 1 aliphatic heterocycles. The summed E-state index contributed by atoms with van der Waals surface area (Å²) in [5.41, 5.74) is 8.06. The first kappa shape index (κ1) is 21.8. The van der Waals surface area contributed by atoms with Crippen LogP contribution in [-0.4, -0.2) is 42.1 Å². The van der Waals surface area contributed by atoms with Crippen LogP contribution in [0.5, 0.6) is 0 Å². The molecule has 0 spiro atoms. The van der Waals surface area contributed by atoms with Crippen molar-refractivity contribution < 1.29 is 8.42 Å². The molecule has 3 aromatic rings. The van der Waals surface area contributed by atoms with Crippen LogP contribution in [0.1, 0.15) is 31.4 Å². The van der Waals surface area contributed by atoms with Crippen molar-refractivity contribution in [3.8, 4) is 0 Å². The summed E-state index contributed by atoms with van der Waals surface area (Å²) in [7, 11) is -3.58. The Bertz CT molecular complexity index is 1080. The van der Waals surface area contributed by atoms with E-state index in [0.717, 1.165) is 16.5 Å². The Kier molecular flexibility index (Phi) is 6.33. The molecule has 156 valence electrons. The normalized spacial score (nSPS) is 20.3. The van der Waals surface area contributed by atoms with Crippen LogP contribution in [-0.2, 0) is 10.0 Å². The third-order valence-electron chi connectivity index (χ3n) is 5.63. The van der Waals surface area contributed by atoms with Crippen molar-refractivity contribution in [3.05, 3.63) is 60.3 Å². The first-order valence-electron chi connectivity index (χ1n) is 9.64. The van der Waals surface area contributed by atoms with Crippen molar-refractivity contribution in [1.82, 2.24) is 14.1 Å².